The quantitative estimate of drug-likeness (QED) is 0.257. The Morgan fingerprint density at radius 2 is 1.27 bits per heavy atom. The summed E-state index contributed by atoms with van der Waals surface area (Å²) in [6.45, 7) is 12.8. The molecule has 0 unspecified atom stereocenters. The largest absolute Gasteiger partial charge is 0.417 e. The molecule has 28 heteroatoms. The number of carbonyl (C=O) groups excluding carboxylic acids is 12. The van der Waals surface area contributed by atoms with Gasteiger partial charge >= 0.3 is 6.18 Å². The van der Waals surface area contributed by atoms with Crippen LogP contribution in [0.2, 0.25) is 5.02 Å². The van der Waals surface area contributed by atoms with Gasteiger partial charge in [-0.3, -0.25) is 57.5 Å². The van der Waals surface area contributed by atoms with Crippen LogP contribution in [0, 0.1) is 23.7 Å². The summed E-state index contributed by atoms with van der Waals surface area (Å²) in [4.78, 5) is 191. The molecule has 7 rings (SSSR count). The molecule has 0 bridgehead atoms. The van der Waals surface area contributed by atoms with Gasteiger partial charge in [-0.1, -0.05) is 97.7 Å². The Balaban J connectivity index is 1.29. The fourth-order valence-electron chi connectivity index (χ4n) is 15.2. The van der Waals surface area contributed by atoms with Crippen LogP contribution < -0.4 is 16.0 Å². The van der Waals surface area contributed by atoms with Crippen molar-refractivity contribution < 1.29 is 70.7 Å². The Bertz CT molecular complexity index is 3120. The Kier molecular flexibility index (Phi) is 26.7. The number of rotatable bonds is 11. The number of nitrogens with zero attached hydrogens (tertiary/aromatic N) is 9. The number of carbonyl (C=O) groups is 12. The van der Waals surface area contributed by atoms with Gasteiger partial charge in [-0.25, -0.2) is 0 Å². The molecule has 1 spiro atoms. The van der Waals surface area contributed by atoms with Crippen LogP contribution >= 0.6 is 11.6 Å². The standard InChI is InChI=1S/C70H106ClF3N12O12/c1-14-42(5)56-65(95)79(9)44(7)61(91)86-36-30-51(86)63(93)82(12)58(46-23-16-17-24-46)66(96)78(8)40-54(87)75-49(29-27-45-26-28-47(48(71)38-45)70(72,73)74)62(92)85-35-22-25-50(85)60(90)77-69(31-18-19-32-69)68(98)83(13)57(43(6)15-2)67(97)81(11)53(64(94)84-33-20-21-34-84)39-55(88)80(10)52(37-41(3)4)59(89)76-56/h26,28,38,41-44,46,49-53,56-58H,14-25,27,29-37,39-40H2,1-13H3,(H,75,87)(H,76,89)(H,77,90)/t42-,43-,44-,49-,50-,51-,52-,53-,56-,57-,58-/m0/s1. The predicted molar refractivity (Wildman–Crippen MR) is 360 cm³/mol. The van der Waals surface area contributed by atoms with Gasteiger partial charge in [0.15, 0.2) is 0 Å². The lowest BCUT2D eigenvalue weighted by Gasteiger charge is -2.45. The highest BCUT2D eigenvalue weighted by Crippen LogP contribution is 2.38. The second-order valence-electron chi connectivity index (χ2n) is 29.0. The van der Waals surface area contributed by atoms with E-state index in [9.17, 15) is 51.5 Å². The van der Waals surface area contributed by atoms with Crippen LogP contribution in [0.3, 0.4) is 0 Å². The number of aryl methyl sites for hydroxylation is 1. The SMILES string of the molecule is CC[C@H](C)[C@@H]1NC(=O)[C@H](CC(C)C)N(C)C(=O)C[C@@H](C(=O)N2CCCC2)N(C)C(=O)[C@H]([C@@H](C)CC)N(C)C(=O)C2(CCCC2)NC(=O)[C@@H]2CCCN2C(=O)[C@H](CCc2ccc(C(F)(F)F)c(Cl)c2)NC(=O)CN(C)C(=O)[C@H](C2CCCC2)N(C)C(=O)[C@@H]2CCN2C(=O)[C@H](C)N(C)C1=O. The number of amides is 12. The van der Waals surface area contributed by atoms with Gasteiger partial charge in [0.25, 0.3) is 0 Å². The number of nitrogens with one attached hydrogen (secondary N) is 3. The van der Waals surface area contributed by atoms with Crippen molar-refractivity contribution in [1.29, 1.82) is 0 Å². The molecule has 546 valence electrons. The third-order valence-corrected chi connectivity index (χ3v) is 22.3. The minimum Gasteiger partial charge on any atom is -0.343 e. The molecule has 98 heavy (non-hydrogen) atoms. The minimum absolute atomic E-state index is 0.0344. The average molecular weight is 1400 g/mol. The van der Waals surface area contributed by atoms with Gasteiger partial charge in [0, 0.05) is 68.5 Å². The Morgan fingerprint density at radius 1 is 0.643 bits per heavy atom. The van der Waals surface area contributed by atoms with Crippen LogP contribution in [-0.4, -0.2) is 250 Å². The molecular weight excluding hydrogens is 1290 g/mol. The first-order valence-corrected chi connectivity index (χ1v) is 35.7. The van der Waals surface area contributed by atoms with E-state index in [0.717, 1.165) is 29.9 Å². The number of halogens is 4. The van der Waals surface area contributed by atoms with Crippen LogP contribution in [0.1, 0.15) is 175 Å². The van der Waals surface area contributed by atoms with Gasteiger partial charge in [-0.2, -0.15) is 13.2 Å². The third kappa shape index (κ3) is 17.6. The van der Waals surface area contributed by atoms with E-state index in [1.54, 1.807) is 18.7 Å². The first-order chi connectivity index (χ1) is 46.1. The molecule has 1 aromatic rings. The van der Waals surface area contributed by atoms with E-state index in [1.165, 1.54) is 89.6 Å². The summed E-state index contributed by atoms with van der Waals surface area (Å²) in [5.41, 5.74) is -2.35. The topological polar surface area (TPSA) is 270 Å². The molecule has 0 radical (unpaired) electrons. The molecule has 2 saturated carbocycles. The van der Waals surface area contributed by atoms with E-state index in [1.807, 2.05) is 27.7 Å². The normalized spacial score (nSPS) is 28.2. The zero-order chi connectivity index (χ0) is 72.6. The van der Waals surface area contributed by atoms with Gasteiger partial charge in [0.05, 0.1) is 23.6 Å². The molecular formula is C70H106ClF3N12O12. The molecule has 4 aliphatic heterocycles. The van der Waals surface area contributed by atoms with Crippen molar-refractivity contribution in [2.45, 2.75) is 237 Å². The fourth-order valence-corrected chi connectivity index (χ4v) is 15.5. The number of likely N-dealkylation sites (tertiary alicyclic amines) is 1. The van der Waals surface area contributed by atoms with Crippen LogP contribution in [0.4, 0.5) is 13.2 Å². The molecule has 1 aromatic carbocycles. The maximum Gasteiger partial charge on any atom is 0.417 e. The Hall–Kier alpha value is -7.06. The number of likely N-dealkylation sites (N-methyl/N-ethyl adjacent to an activating group) is 6. The number of alkyl halides is 3. The molecule has 0 aromatic heterocycles. The molecule has 6 aliphatic rings. The lowest BCUT2D eigenvalue weighted by Crippen LogP contribution is -2.65. The zero-order valence-corrected chi connectivity index (χ0v) is 60.4. The van der Waals surface area contributed by atoms with Crippen molar-refractivity contribution >= 4 is 82.5 Å². The summed E-state index contributed by atoms with van der Waals surface area (Å²) in [5, 5.41) is 8.15. The van der Waals surface area contributed by atoms with E-state index in [2.05, 4.69) is 16.0 Å². The maximum absolute atomic E-state index is 15.5. The highest BCUT2D eigenvalue weighted by atomic mass is 35.5. The van der Waals surface area contributed by atoms with E-state index < -0.39 is 172 Å². The summed E-state index contributed by atoms with van der Waals surface area (Å²) in [7, 11) is 8.61. The lowest BCUT2D eigenvalue weighted by molar-refractivity contribution is -0.161. The molecule has 12 amide bonds. The molecule has 3 N–H and O–H groups in total. The molecule has 4 heterocycles. The van der Waals surface area contributed by atoms with Gasteiger partial charge in [0.1, 0.15) is 59.9 Å². The fraction of sp³-hybridized carbons (Fsp3) is 0.743. The van der Waals surface area contributed by atoms with E-state index in [0.29, 0.717) is 76.4 Å². The van der Waals surface area contributed by atoms with Gasteiger partial charge in [-0.15, -0.1) is 0 Å². The smallest absolute Gasteiger partial charge is 0.343 e. The summed E-state index contributed by atoms with van der Waals surface area (Å²) < 4.78 is 41.5. The summed E-state index contributed by atoms with van der Waals surface area (Å²) in [5.74, 6) is -9.17. The molecule has 11 atom stereocenters. The summed E-state index contributed by atoms with van der Waals surface area (Å²) in [6, 6.07) is -7.79. The summed E-state index contributed by atoms with van der Waals surface area (Å²) in [6.07, 6.45) is 1.36. The Morgan fingerprint density at radius 3 is 1.84 bits per heavy atom. The van der Waals surface area contributed by atoms with Crippen molar-refractivity contribution in [3.05, 3.63) is 34.3 Å². The monoisotopic (exact) mass is 1400 g/mol. The van der Waals surface area contributed by atoms with Crippen LogP contribution in [0.25, 0.3) is 0 Å². The van der Waals surface area contributed by atoms with Crippen molar-refractivity contribution in [1.82, 2.24) is 60.0 Å². The van der Waals surface area contributed by atoms with E-state index in [-0.39, 0.29) is 69.9 Å². The molecule has 4 saturated heterocycles. The van der Waals surface area contributed by atoms with Gasteiger partial charge in [-0.05, 0) is 125 Å². The highest BCUT2D eigenvalue weighted by molar-refractivity contribution is 6.31. The average Bonchev–Trinajstić information content (AvgIpc) is 1.54. The second-order valence-corrected chi connectivity index (χ2v) is 29.4. The van der Waals surface area contributed by atoms with Crippen LogP contribution in [0.5, 0.6) is 0 Å². The second kappa shape index (κ2) is 33.4. The van der Waals surface area contributed by atoms with Gasteiger partial charge < -0.3 is 60.0 Å². The van der Waals surface area contributed by atoms with Crippen LogP contribution in [-0.2, 0) is 70.1 Å². The number of benzene rings is 1. The number of fused-ring (bicyclic) bond motifs is 2. The Labute approximate surface area is 580 Å². The number of hydrogen-bond acceptors (Lipinski definition) is 12. The molecule has 24 nitrogen and oxygen atoms in total. The van der Waals surface area contributed by atoms with Crippen molar-refractivity contribution in [3.63, 3.8) is 0 Å². The molecule has 6 fully saturated rings. The maximum atomic E-state index is 15.5. The minimum atomic E-state index is -4.76. The van der Waals surface area contributed by atoms with Crippen LogP contribution in [0.15, 0.2) is 18.2 Å². The van der Waals surface area contributed by atoms with Crippen molar-refractivity contribution in [2.75, 3.05) is 75.0 Å². The zero-order valence-electron chi connectivity index (χ0n) is 59.6. The summed E-state index contributed by atoms with van der Waals surface area (Å²) >= 11 is 6.15. The first-order valence-electron chi connectivity index (χ1n) is 35.4. The highest BCUT2D eigenvalue weighted by Gasteiger charge is 2.52. The number of hydrogen-bond donors (Lipinski definition) is 3. The van der Waals surface area contributed by atoms with E-state index in [4.69, 9.17) is 11.6 Å². The first kappa shape index (κ1) is 78.3. The predicted octanol–water partition coefficient (Wildman–Crippen LogP) is 5.25. The van der Waals surface area contributed by atoms with E-state index >= 15 is 19.2 Å². The molecule has 2 aliphatic carbocycles. The van der Waals surface area contributed by atoms with Gasteiger partial charge in [0.2, 0.25) is 70.9 Å². The lowest BCUT2D eigenvalue weighted by atomic mass is 9.90. The third-order valence-electron chi connectivity index (χ3n) is 22.0. The van der Waals surface area contributed by atoms with Crippen molar-refractivity contribution in [3.8, 4) is 0 Å². The van der Waals surface area contributed by atoms with Crippen molar-refractivity contribution in [2.24, 2.45) is 23.7 Å².